The first-order valence-corrected chi connectivity index (χ1v) is 8.87. The van der Waals surface area contributed by atoms with Gasteiger partial charge in [-0.3, -0.25) is 0 Å². The van der Waals surface area contributed by atoms with Crippen LogP contribution in [0.3, 0.4) is 0 Å². The SMILES string of the molecule is CCOCCOC(=O)c1cc(Br)c(C)c(S(=O)(=O)Cl)c1. The van der Waals surface area contributed by atoms with E-state index in [1.807, 2.05) is 6.92 Å². The van der Waals surface area contributed by atoms with Crippen molar-refractivity contribution < 1.29 is 22.7 Å². The molecule has 0 amide bonds. The van der Waals surface area contributed by atoms with Crippen molar-refractivity contribution in [2.75, 3.05) is 19.8 Å². The molecule has 0 atom stereocenters. The highest BCUT2D eigenvalue weighted by Gasteiger charge is 2.19. The van der Waals surface area contributed by atoms with E-state index in [1.54, 1.807) is 6.92 Å². The van der Waals surface area contributed by atoms with Gasteiger partial charge >= 0.3 is 5.97 Å². The van der Waals surface area contributed by atoms with Crippen LogP contribution < -0.4 is 0 Å². The van der Waals surface area contributed by atoms with Crippen molar-refractivity contribution in [3.05, 3.63) is 27.7 Å². The molecule has 0 unspecified atom stereocenters. The molecule has 1 rings (SSSR count). The third-order valence-corrected chi connectivity index (χ3v) is 4.73. The topological polar surface area (TPSA) is 69.7 Å². The molecule has 112 valence electrons. The van der Waals surface area contributed by atoms with Gasteiger partial charge in [0.2, 0.25) is 0 Å². The smallest absolute Gasteiger partial charge is 0.338 e. The lowest BCUT2D eigenvalue weighted by atomic mass is 10.1. The summed E-state index contributed by atoms with van der Waals surface area (Å²) in [6.45, 7) is 4.33. The van der Waals surface area contributed by atoms with Gasteiger partial charge in [-0.2, -0.15) is 0 Å². The summed E-state index contributed by atoms with van der Waals surface area (Å²) in [6.07, 6.45) is 0. The second-order valence-electron chi connectivity index (χ2n) is 3.85. The van der Waals surface area contributed by atoms with Gasteiger partial charge in [-0.15, -0.1) is 0 Å². The van der Waals surface area contributed by atoms with Crippen molar-refractivity contribution in [2.45, 2.75) is 18.7 Å². The van der Waals surface area contributed by atoms with E-state index in [0.717, 1.165) is 0 Å². The number of halogens is 2. The van der Waals surface area contributed by atoms with Crippen LogP contribution in [-0.4, -0.2) is 34.2 Å². The van der Waals surface area contributed by atoms with Crippen molar-refractivity contribution in [3.8, 4) is 0 Å². The molecule has 0 heterocycles. The summed E-state index contributed by atoms with van der Waals surface area (Å²) in [5.74, 6) is -0.632. The third-order valence-electron chi connectivity index (χ3n) is 2.46. The second-order valence-corrected chi connectivity index (χ2v) is 7.24. The molecule has 0 aliphatic carbocycles. The van der Waals surface area contributed by atoms with Gasteiger partial charge < -0.3 is 9.47 Å². The van der Waals surface area contributed by atoms with E-state index in [-0.39, 0.29) is 23.7 Å². The number of ether oxygens (including phenoxy) is 2. The number of carbonyl (C=O) groups excluding carboxylic acids is 1. The molecule has 0 aromatic heterocycles. The van der Waals surface area contributed by atoms with E-state index in [1.165, 1.54) is 12.1 Å². The Morgan fingerprint density at radius 1 is 1.35 bits per heavy atom. The molecular formula is C12H14BrClO5S. The molecule has 0 aliphatic heterocycles. The summed E-state index contributed by atoms with van der Waals surface area (Å²) in [5, 5.41) is 0. The lowest BCUT2D eigenvalue weighted by Crippen LogP contribution is -2.12. The van der Waals surface area contributed by atoms with E-state index in [0.29, 0.717) is 16.6 Å². The minimum Gasteiger partial charge on any atom is -0.460 e. The molecule has 1 aromatic carbocycles. The van der Waals surface area contributed by atoms with Gasteiger partial charge in [-0.1, -0.05) is 15.9 Å². The van der Waals surface area contributed by atoms with Crippen molar-refractivity contribution in [2.24, 2.45) is 0 Å². The third kappa shape index (κ3) is 4.73. The Balaban J connectivity index is 2.97. The average molecular weight is 386 g/mol. The monoisotopic (exact) mass is 384 g/mol. The quantitative estimate of drug-likeness (QED) is 0.428. The molecule has 0 aliphatic rings. The predicted octanol–water partition coefficient (Wildman–Crippen LogP) is 2.88. The van der Waals surface area contributed by atoms with E-state index in [4.69, 9.17) is 20.2 Å². The van der Waals surface area contributed by atoms with Gasteiger partial charge in [0.15, 0.2) is 0 Å². The first-order valence-electron chi connectivity index (χ1n) is 5.77. The summed E-state index contributed by atoms with van der Waals surface area (Å²) in [7, 11) is 1.41. The number of esters is 1. The van der Waals surface area contributed by atoms with Gasteiger partial charge in [0.05, 0.1) is 17.1 Å². The van der Waals surface area contributed by atoms with Gasteiger partial charge in [0, 0.05) is 21.8 Å². The van der Waals surface area contributed by atoms with Gasteiger partial charge in [-0.05, 0) is 31.5 Å². The van der Waals surface area contributed by atoms with Crippen molar-refractivity contribution in [3.63, 3.8) is 0 Å². The highest BCUT2D eigenvalue weighted by molar-refractivity contribution is 9.10. The van der Waals surface area contributed by atoms with Gasteiger partial charge in [0.25, 0.3) is 9.05 Å². The van der Waals surface area contributed by atoms with Crippen molar-refractivity contribution in [1.82, 2.24) is 0 Å². The minimum atomic E-state index is -3.93. The number of hydrogen-bond donors (Lipinski definition) is 0. The van der Waals surface area contributed by atoms with Crippen LogP contribution in [-0.2, 0) is 18.5 Å². The molecule has 0 radical (unpaired) electrons. The highest BCUT2D eigenvalue weighted by atomic mass is 79.9. The van der Waals surface area contributed by atoms with E-state index in [2.05, 4.69) is 15.9 Å². The first-order chi connectivity index (χ1) is 9.27. The van der Waals surface area contributed by atoms with Gasteiger partial charge in [0.1, 0.15) is 6.61 Å². The lowest BCUT2D eigenvalue weighted by molar-refractivity contribution is 0.0335. The highest BCUT2D eigenvalue weighted by Crippen LogP contribution is 2.28. The van der Waals surface area contributed by atoms with E-state index >= 15 is 0 Å². The largest absolute Gasteiger partial charge is 0.460 e. The summed E-state index contributed by atoms with van der Waals surface area (Å²) in [4.78, 5) is 11.7. The van der Waals surface area contributed by atoms with E-state index < -0.39 is 15.0 Å². The number of hydrogen-bond acceptors (Lipinski definition) is 5. The Morgan fingerprint density at radius 2 is 2.00 bits per heavy atom. The molecule has 5 nitrogen and oxygen atoms in total. The summed E-state index contributed by atoms with van der Waals surface area (Å²) in [5.41, 5.74) is 0.545. The zero-order valence-corrected chi connectivity index (χ0v) is 14.1. The zero-order valence-electron chi connectivity index (χ0n) is 11.0. The molecule has 1 aromatic rings. The summed E-state index contributed by atoms with van der Waals surface area (Å²) >= 11 is 3.20. The molecule has 0 fully saturated rings. The molecule has 0 N–H and O–H groups in total. The van der Waals surface area contributed by atoms with Crippen molar-refractivity contribution in [1.29, 1.82) is 0 Å². The predicted molar refractivity (Wildman–Crippen MR) is 78.7 cm³/mol. The summed E-state index contributed by atoms with van der Waals surface area (Å²) in [6, 6.07) is 2.69. The fraction of sp³-hybridized carbons (Fsp3) is 0.417. The first kappa shape index (κ1) is 17.4. The average Bonchev–Trinajstić information content (AvgIpc) is 2.36. The Kier molecular flexibility index (Phi) is 6.44. The molecule has 0 bridgehead atoms. The number of benzene rings is 1. The second kappa shape index (κ2) is 7.40. The van der Waals surface area contributed by atoms with Crippen LogP contribution in [0.5, 0.6) is 0 Å². The number of rotatable bonds is 6. The van der Waals surface area contributed by atoms with Crippen LogP contribution in [0.2, 0.25) is 0 Å². The van der Waals surface area contributed by atoms with Crippen LogP contribution in [0.15, 0.2) is 21.5 Å². The Morgan fingerprint density at radius 3 is 2.55 bits per heavy atom. The Hall–Kier alpha value is -0.630. The fourth-order valence-corrected chi connectivity index (χ4v) is 3.26. The minimum absolute atomic E-state index is 0.0983. The van der Waals surface area contributed by atoms with Crippen molar-refractivity contribution >= 4 is 41.6 Å². The summed E-state index contributed by atoms with van der Waals surface area (Å²) < 4.78 is 33.4. The van der Waals surface area contributed by atoms with Crippen LogP contribution in [0.25, 0.3) is 0 Å². The van der Waals surface area contributed by atoms with Gasteiger partial charge in [-0.25, -0.2) is 13.2 Å². The maximum absolute atomic E-state index is 11.8. The Bertz CT molecular complexity index is 600. The molecule has 8 heteroatoms. The molecular weight excluding hydrogens is 372 g/mol. The van der Waals surface area contributed by atoms with Crippen LogP contribution in [0.4, 0.5) is 0 Å². The maximum atomic E-state index is 11.8. The molecule has 0 saturated heterocycles. The maximum Gasteiger partial charge on any atom is 0.338 e. The molecule has 20 heavy (non-hydrogen) atoms. The molecule has 0 spiro atoms. The fourth-order valence-electron chi connectivity index (χ4n) is 1.45. The number of carbonyl (C=O) groups is 1. The van der Waals surface area contributed by atoms with Crippen LogP contribution in [0.1, 0.15) is 22.8 Å². The van der Waals surface area contributed by atoms with Crippen LogP contribution in [0, 0.1) is 6.92 Å². The van der Waals surface area contributed by atoms with E-state index in [9.17, 15) is 13.2 Å². The molecule has 0 saturated carbocycles. The lowest BCUT2D eigenvalue weighted by Gasteiger charge is -2.09. The Labute approximate surface area is 130 Å². The van der Waals surface area contributed by atoms with Crippen LogP contribution >= 0.6 is 26.6 Å². The normalized spacial score (nSPS) is 11.4. The standard InChI is InChI=1S/C12H14BrClO5S/c1-3-18-4-5-19-12(15)9-6-10(13)8(2)11(7-9)20(14,16)17/h6-7H,3-5H2,1-2H3. The zero-order chi connectivity index (χ0) is 15.3.